The molecular formula is C22H18N2O2. The highest BCUT2D eigenvalue weighted by atomic mass is 16.2. The maximum Gasteiger partial charge on any atom is 0.257 e. The first-order chi connectivity index (χ1) is 12.7. The van der Waals surface area contributed by atoms with Gasteiger partial charge in [-0.2, -0.15) is 0 Å². The molecule has 0 radical (unpaired) electrons. The lowest BCUT2D eigenvalue weighted by Crippen LogP contribution is -2.16. The molecule has 0 saturated carbocycles. The predicted molar refractivity (Wildman–Crippen MR) is 105 cm³/mol. The van der Waals surface area contributed by atoms with Crippen LogP contribution in [0.1, 0.15) is 15.9 Å². The number of benzene rings is 3. The number of hydrogen-bond acceptors (Lipinski definition) is 2. The van der Waals surface area contributed by atoms with E-state index in [-0.39, 0.29) is 11.8 Å². The number of nitrogens with one attached hydrogen (secondary N) is 2. The minimum atomic E-state index is -0.297. The van der Waals surface area contributed by atoms with Crippen molar-refractivity contribution >= 4 is 29.3 Å². The molecule has 2 N–H and O–H groups in total. The molecule has 0 unspecified atom stereocenters. The average Bonchev–Trinajstić information content (AvgIpc) is 2.68. The third-order valence-electron chi connectivity index (χ3n) is 3.69. The minimum Gasteiger partial charge on any atom is -0.322 e. The van der Waals surface area contributed by atoms with E-state index in [1.807, 2.05) is 60.7 Å². The van der Waals surface area contributed by atoms with E-state index in [9.17, 15) is 9.59 Å². The van der Waals surface area contributed by atoms with Crippen molar-refractivity contribution in [2.45, 2.75) is 0 Å². The van der Waals surface area contributed by atoms with Crippen LogP contribution in [-0.2, 0) is 4.79 Å². The first kappa shape index (κ1) is 17.2. The topological polar surface area (TPSA) is 58.2 Å². The van der Waals surface area contributed by atoms with Crippen molar-refractivity contribution in [1.82, 2.24) is 0 Å². The predicted octanol–water partition coefficient (Wildman–Crippen LogP) is 4.59. The van der Waals surface area contributed by atoms with Gasteiger partial charge in [0, 0.05) is 11.8 Å². The van der Waals surface area contributed by atoms with Gasteiger partial charge in [-0.05, 0) is 35.9 Å². The lowest BCUT2D eigenvalue weighted by Gasteiger charge is -2.10. The van der Waals surface area contributed by atoms with E-state index in [4.69, 9.17) is 0 Å². The van der Waals surface area contributed by atoms with Gasteiger partial charge in [-0.1, -0.05) is 60.7 Å². The van der Waals surface area contributed by atoms with Crippen molar-refractivity contribution in [3.8, 4) is 0 Å². The number of anilines is 2. The Balaban J connectivity index is 1.71. The molecule has 2 amide bonds. The highest BCUT2D eigenvalue weighted by Gasteiger charge is 2.12. The Morgan fingerprint density at radius 1 is 0.692 bits per heavy atom. The Morgan fingerprint density at radius 2 is 1.31 bits per heavy atom. The molecule has 0 aromatic heterocycles. The van der Waals surface area contributed by atoms with Crippen molar-refractivity contribution < 1.29 is 9.59 Å². The summed E-state index contributed by atoms with van der Waals surface area (Å²) in [5.41, 5.74) is 2.49. The Kier molecular flexibility index (Phi) is 5.58. The molecule has 3 aromatic rings. The molecule has 26 heavy (non-hydrogen) atoms. The average molecular weight is 342 g/mol. The molecular weight excluding hydrogens is 324 g/mol. The standard InChI is InChI=1S/C22H18N2O2/c25-21(16-15-17-9-3-1-4-10-17)24-20-14-8-7-13-19(20)22(26)23-18-11-5-2-6-12-18/h1-16H,(H,23,26)(H,24,25)/b16-15-. The van der Waals surface area contributed by atoms with Gasteiger partial charge >= 0.3 is 0 Å². The van der Waals surface area contributed by atoms with Gasteiger partial charge in [-0.15, -0.1) is 0 Å². The highest BCUT2D eigenvalue weighted by Crippen LogP contribution is 2.17. The second-order valence-corrected chi connectivity index (χ2v) is 5.60. The van der Waals surface area contributed by atoms with E-state index in [1.54, 1.807) is 30.3 Å². The number of amides is 2. The normalized spacial score (nSPS) is 10.5. The summed E-state index contributed by atoms with van der Waals surface area (Å²) < 4.78 is 0. The van der Waals surface area contributed by atoms with Crippen molar-refractivity contribution in [2.24, 2.45) is 0 Å². The second kappa shape index (κ2) is 8.44. The lowest BCUT2D eigenvalue weighted by molar-refractivity contribution is -0.111. The Hall–Kier alpha value is -3.66. The maximum absolute atomic E-state index is 12.5. The van der Waals surface area contributed by atoms with E-state index in [2.05, 4.69) is 10.6 Å². The van der Waals surface area contributed by atoms with Gasteiger partial charge in [-0.3, -0.25) is 9.59 Å². The fourth-order valence-corrected chi connectivity index (χ4v) is 2.42. The smallest absolute Gasteiger partial charge is 0.257 e. The molecule has 4 heteroatoms. The molecule has 0 saturated heterocycles. The summed E-state index contributed by atoms with van der Waals surface area (Å²) in [5.74, 6) is -0.576. The highest BCUT2D eigenvalue weighted by molar-refractivity contribution is 6.11. The van der Waals surface area contributed by atoms with Gasteiger partial charge in [-0.25, -0.2) is 0 Å². The van der Waals surface area contributed by atoms with Crippen LogP contribution >= 0.6 is 0 Å². The number of rotatable bonds is 5. The van der Waals surface area contributed by atoms with Crippen LogP contribution < -0.4 is 10.6 Å². The fourth-order valence-electron chi connectivity index (χ4n) is 2.42. The van der Waals surface area contributed by atoms with Gasteiger partial charge < -0.3 is 10.6 Å². The molecule has 0 heterocycles. The Labute approximate surface area is 152 Å². The molecule has 0 fully saturated rings. The van der Waals surface area contributed by atoms with Crippen molar-refractivity contribution in [1.29, 1.82) is 0 Å². The third kappa shape index (κ3) is 4.68. The summed E-state index contributed by atoms with van der Waals surface area (Å²) >= 11 is 0. The van der Waals surface area contributed by atoms with Gasteiger partial charge in [0.1, 0.15) is 0 Å². The fraction of sp³-hybridized carbons (Fsp3) is 0. The summed E-state index contributed by atoms with van der Waals surface area (Å²) in [6.07, 6.45) is 3.17. The van der Waals surface area contributed by atoms with Crippen LogP contribution in [-0.4, -0.2) is 11.8 Å². The Morgan fingerprint density at radius 3 is 2.04 bits per heavy atom. The summed E-state index contributed by atoms with van der Waals surface area (Å²) in [4.78, 5) is 24.7. The lowest BCUT2D eigenvalue weighted by atomic mass is 10.1. The molecule has 0 aliphatic heterocycles. The molecule has 3 rings (SSSR count). The number of carbonyl (C=O) groups is 2. The quantitative estimate of drug-likeness (QED) is 0.666. The van der Waals surface area contributed by atoms with Crippen molar-refractivity contribution in [2.75, 3.05) is 10.6 Å². The molecule has 0 atom stereocenters. The van der Waals surface area contributed by atoms with E-state index in [1.165, 1.54) is 6.08 Å². The zero-order valence-electron chi connectivity index (χ0n) is 14.1. The van der Waals surface area contributed by atoms with Gasteiger partial charge in [0.15, 0.2) is 0 Å². The molecule has 0 spiro atoms. The van der Waals surface area contributed by atoms with Gasteiger partial charge in [0.05, 0.1) is 11.3 Å². The molecule has 0 aliphatic carbocycles. The van der Waals surface area contributed by atoms with Crippen molar-refractivity contribution in [3.63, 3.8) is 0 Å². The van der Waals surface area contributed by atoms with E-state index >= 15 is 0 Å². The third-order valence-corrected chi connectivity index (χ3v) is 3.69. The minimum absolute atomic E-state index is 0.279. The van der Waals surface area contributed by atoms with Crippen LogP contribution in [0.25, 0.3) is 6.08 Å². The summed E-state index contributed by atoms with van der Waals surface area (Å²) in [6, 6.07) is 25.6. The van der Waals surface area contributed by atoms with Gasteiger partial charge in [0.25, 0.3) is 5.91 Å². The second-order valence-electron chi connectivity index (χ2n) is 5.60. The number of para-hydroxylation sites is 2. The Bertz CT molecular complexity index is 919. The van der Waals surface area contributed by atoms with E-state index < -0.39 is 0 Å². The largest absolute Gasteiger partial charge is 0.322 e. The monoisotopic (exact) mass is 342 g/mol. The van der Waals surface area contributed by atoms with Crippen LogP contribution in [0.4, 0.5) is 11.4 Å². The number of hydrogen-bond donors (Lipinski definition) is 2. The molecule has 0 aliphatic rings. The van der Waals surface area contributed by atoms with E-state index in [0.29, 0.717) is 16.9 Å². The van der Waals surface area contributed by atoms with Crippen LogP contribution in [0.15, 0.2) is 91.0 Å². The van der Waals surface area contributed by atoms with E-state index in [0.717, 1.165) is 5.56 Å². The number of carbonyl (C=O) groups excluding carboxylic acids is 2. The summed E-state index contributed by atoms with van der Waals surface area (Å²) in [7, 11) is 0. The van der Waals surface area contributed by atoms with Crippen LogP contribution in [0.5, 0.6) is 0 Å². The molecule has 4 nitrogen and oxygen atoms in total. The maximum atomic E-state index is 12.5. The van der Waals surface area contributed by atoms with Crippen LogP contribution in [0, 0.1) is 0 Å². The van der Waals surface area contributed by atoms with Crippen molar-refractivity contribution in [3.05, 3.63) is 102 Å². The SMILES string of the molecule is O=C(/C=C\c1ccccc1)Nc1ccccc1C(=O)Nc1ccccc1. The summed E-state index contributed by atoms with van der Waals surface area (Å²) in [5, 5.41) is 5.58. The first-order valence-electron chi connectivity index (χ1n) is 8.22. The molecule has 3 aromatic carbocycles. The van der Waals surface area contributed by atoms with Crippen LogP contribution in [0.2, 0.25) is 0 Å². The van der Waals surface area contributed by atoms with Crippen LogP contribution in [0.3, 0.4) is 0 Å². The molecule has 128 valence electrons. The zero-order chi connectivity index (χ0) is 18.2. The summed E-state index contributed by atoms with van der Waals surface area (Å²) in [6.45, 7) is 0. The molecule has 0 bridgehead atoms. The zero-order valence-corrected chi connectivity index (χ0v) is 14.1. The van der Waals surface area contributed by atoms with Gasteiger partial charge in [0.2, 0.25) is 5.91 Å². The first-order valence-corrected chi connectivity index (χ1v) is 8.22.